The summed E-state index contributed by atoms with van der Waals surface area (Å²) in [5.41, 5.74) is 2.26. The molecule has 1 atom stereocenters. The van der Waals surface area contributed by atoms with Crippen molar-refractivity contribution in [2.45, 2.75) is 10.3 Å². The van der Waals surface area contributed by atoms with Gasteiger partial charge in [0.2, 0.25) is 5.88 Å². The molecule has 1 unspecified atom stereocenters. The summed E-state index contributed by atoms with van der Waals surface area (Å²) in [7, 11) is 0. The van der Waals surface area contributed by atoms with Crippen LogP contribution in [0.15, 0.2) is 28.0 Å². The van der Waals surface area contributed by atoms with Crippen molar-refractivity contribution in [1.29, 1.82) is 0 Å². The summed E-state index contributed by atoms with van der Waals surface area (Å²) in [6.07, 6.45) is 4.41. The molecule has 1 aliphatic carbocycles. The highest BCUT2D eigenvalue weighted by Gasteiger charge is 2.23. The Kier molecular flexibility index (Phi) is 5.01. The molecule has 1 aromatic carbocycles. The van der Waals surface area contributed by atoms with Crippen LogP contribution in [0.5, 0.6) is 11.6 Å². The number of phenolic OH excluding ortho intramolecular Hbond substituents is 1. The Hall–Kier alpha value is -1.47. The van der Waals surface area contributed by atoms with Crippen LogP contribution < -0.4 is 4.74 Å². The number of hydrogen-bond acceptors (Lipinski definition) is 6. The van der Waals surface area contributed by atoms with E-state index in [2.05, 4.69) is 60.4 Å². The van der Waals surface area contributed by atoms with E-state index in [1.807, 2.05) is 12.1 Å². The number of ether oxygens (including phenoxy) is 1. The summed E-state index contributed by atoms with van der Waals surface area (Å²) >= 11 is 4.72. The first-order valence-corrected chi connectivity index (χ1v) is 10.2. The molecule has 0 radical (unpaired) electrons. The van der Waals surface area contributed by atoms with Crippen molar-refractivity contribution in [2.75, 3.05) is 13.2 Å². The minimum atomic E-state index is -0.102. The lowest BCUT2D eigenvalue weighted by Crippen LogP contribution is -2.08. The van der Waals surface area contributed by atoms with E-state index in [9.17, 15) is 5.11 Å². The summed E-state index contributed by atoms with van der Waals surface area (Å²) in [5, 5.41) is 30.1. The molecule has 0 amide bonds. The fourth-order valence-electron chi connectivity index (χ4n) is 2.82. The normalized spacial score (nSPS) is 16.4. The molecule has 2 N–H and O–H groups in total. The molecule has 134 valence electrons. The van der Waals surface area contributed by atoms with Crippen molar-refractivity contribution in [3.05, 3.63) is 39.4 Å². The number of fused-ring (bicyclic) bond motifs is 2. The molecule has 7 nitrogen and oxygen atoms in total. The number of benzene rings is 1. The van der Waals surface area contributed by atoms with Crippen LogP contribution in [-0.4, -0.2) is 47.3 Å². The number of halogens is 2. The quantitative estimate of drug-likeness (QED) is 0.367. The molecular weight excluding hydrogens is 562 g/mol. The number of hydrogen-bond donors (Lipinski definition) is 2. The van der Waals surface area contributed by atoms with Gasteiger partial charge in [-0.05, 0) is 46.9 Å². The van der Waals surface area contributed by atoms with Crippen LogP contribution in [-0.2, 0) is 6.42 Å². The van der Waals surface area contributed by atoms with Gasteiger partial charge in [0.05, 0.1) is 12.3 Å². The first-order chi connectivity index (χ1) is 12.6. The van der Waals surface area contributed by atoms with E-state index < -0.39 is 0 Å². The summed E-state index contributed by atoms with van der Waals surface area (Å²) in [6, 6.07) is 5.27. The fourth-order valence-corrected chi connectivity index (χ4v) is 3.93. The number of allylic oxidation sites excluding steroid dienone is 1. The van der Waals surface area contributed by atoms with Crippen molar-refractivity contribution in [3.63, 3.8) is 0 Å². The average Bonchev–Trinajstić information content (AvgIpc) is 3.03. The molecule has 0 saturated heterocycles. The third kappa shape index (κ3) is 3.16. The third-order valence-corrected chi connectivity index (χ3v) is 7.43. The van der Waals surface area contributed by atoms with Gasteiger partial charge in [0, 0.05) is 30.9 Å². The van der Waals surface area contributed by atoms with E-state index in [1.165, 1.54) is 8.38 Å². The van der Waals surface area contributed by atoms with Crippen LogP contribution in [0.25, 0.3) is 22.5 Å². The van der Waals surface area contributed by atoms with Crippen LogP contribution in [0.2, 0.25) is 0 Å². The first-order valence-electron chi connectivity index (χ1n) is 7.90. The van der Waals surface area contributed by atoms with Crippen molar-refractivity contribution >= 4 is 62.0 Å². The molecular formula is C17H14I2N4O3. The minimum absolute atomic E-state index is 0.0656. The average molecular weight is 576 g/mol. The summed E-state index contributed by atoms with van der Waals surface area (Å²) in [4.78, 5) is 5.64. The van der Waals surface area contributed by atoms with Gasteiger partial charge in [-0.3, -0.25) is 0 Å². The van der Waals surface area contributed by atoms with Crippen molar-refractivity contribution in [1.82, 2.24) is 20.0 Å². The van der Waals surface area contributed by atoms with E-state index >= 15 is 0 Å². The standard InChI is InChI=1S/C17H14I2N4O3/c18-11-7-13-14(8-12(11)19)22-23(21-13)15-2-1-10-9(16(15)25)3-4-20-17(10)26-6-5-24/h1-4,7,12,24-25H,5-6,8H2. The number of aromatic hydroxyl groups is 1. The maximum atomic E-state index is 10.8. The number of pyridine rings is 1. The number of rotatable bonds is 4. The van der Waals surface area contributed by atoms with Gasteiger partial charge in [-0.15, -0.1) is 9.90 Å². The lowest BCUT2D eigenvalue weighted by Gasteiger charge is -2.11. The Morgan fingerprint density at radius 1 is 1.23 bits per heavy atom. The van der Waals surface area contributed by atoms with Gasteiger partial charge < -0.3 is 14.9 Å². The zero-order chi connectivity index (χ0) is 18.3. The maximum absolute atomic E-state index is 10.8. The predicted octanol–water partition coefficient (Wildman–Crippen LogP) is 3.03. The molecule has 0 saturated carbocycles. The third-order valence-electron chi connectivity index (χ3n) is 4.06. The van der Waals surface area contributed by atoms with E-state index in [0.717, 1.165) is 17.8 Å². The monoisotopic (exact) mass is 576 g/mol. The van der Waals surface area contributed by atoms with Crippen LogP contribution in [0.3, 0.4) is 0 Å². The van der Waals surface area contributed by atoms with Gasteiger partial charge in [-0.1, -0.05) is 22.6 Å². The summed E-state index contributed by atoms with van der Waals surface area (Å²) in [6.45, 7) is 0.0412. The van der Waals surface area contributed by atoms with E-state index in [-0.39, 0.29) is 19.0 Å². The molecule has 4 rings (SSSR count). The molecule has 26 heavy (non-hydrogen) atoms. The zero-order valence-corrected chi connectivity index (χ0v) is 17.7. The lowest BCUT2D eigenvalue weighted by atomic mass is 10.1. The second-order valence-electron chi connectivity index (χ2n) is 5.74. The summed E-state index contributed by atoms with van der Waals surface area (Å²) in [5.74, 6) is 0.437. The molecule has 0 spiro atoms. The smallest absolute Gasteiger partial charge is 0.221 e. The Labute approximate surface area is 176 Å². The molecule has 2 aromatic heterocycles. The largest absolute Gasteiger partial charge is 0.505 e. The Bertz CT molecular complexity index is 1020. The highest BCUT2D eigenvalue weighted by atomic mass is 127. The second-order valence-corrected chi connectivity index (χ2v) is 8.49. The van der Waals surface area contributed by atoms with Crippen LogP contribution >= 0.6 is 45.2 Å². The van der Waals surface area contributed by atoms with E-state index in [4.69, 9.17) is 9.84 Å². The molecule has 2 heterocycles. The Morgan fingerprint density at radius 2 is 2.08 bits per heavy atom. The number of phenols is 1. The minimum Gasteiger partial charge on any atom is -0.505 e. The Balaban J connectivity index is 1.79. The van der Waals surface area contributed by atoms with Crippen LogP contribution in [0.4, 0.5) is 0 Å². The maximum Gasteiger partial charge on any atom is 0.221 e. The molecule has 3 aromatic rings. The van der Waals surface area contributed by atoms with Crippen molar-refractivity contribution in [2.24, 2.45) is 0 Å². The lowest BCUT2D eigenvalue weighted by molar-refractivity contribution is 0.198. The highest BCUT2D eigenvalue weighted by Crippen LogP contribution is 2.36. The van der Waals surface area contributed by atoms with E-state index in [0.29, 0.717) is 26.3 Å². The van der Waals surface area contributed by atoms with Gasteiger partial charge in [-0.25, -0.2) is 4.98 Å². The molecule has 0 aliphatic heterocycles. The van der Waals surface area contributed by atoms with E-state index in [1.54, 1.807) is 18.3 Å². The van der Waals surface area contributed by atoms with Crippen LogP contribution in [0, 0.1) is 0 Å². The SMILES string of the molecule is OCCOc1nccc2c(O)c(-n3nc4c(n3)CC(I)C(I)=C4)ccc12. The topological polar surface area (TPSA) is 93.3 Å². The highest BCUT2D eigenvalue weighted by molar-refractivity contribution is 14.1. The van der Waals surface area contributed by atoms with Gasteiger partial charge >= 0.3 is 0 Å². The molecule has 0 fully saturated rings. The van der Waals surface area contributed by atoms with Gasteiger partial charge in [-0.2, -0.15) is 5.10 Å². The predicted molar refractivity (Wildman–Crippen MR) is 114 cm³/mol. The number of aliphatic hydroxyl groups is 1. The number of nitrogens with zero attached hydrogens (tertiary/aromatic N) is 4. The first kappa shape index (κ1) is 17.9. The van der Waals surface area contributed by atoms with Gasteiger partial charge in [0.15, 0.2) is 5.75 Å². The number of alkyl halides is 1. The van der Waals surface area contributed by atoms with Crippen molar-refractivity contribution < 1.29 is 14.9 Å². The fraction of sp³-hybridized carbons (Fsp3) is 0.235. The molecule has 0 bridgehead atoms. The van der Waals surface area contributed by atoms with Gasteiger partial charge in [0.25, 0.3) is 0 Å². The van der Waals surface area contributed by atoms with Crippen molar-refractivity contribution in [3.8, 4) is 17.3 Å². The summed E-state index contributed by atoms with van der Waals surface area (Å²) < 4.78 is 7.07. The molecule has 1 aliphatic rings. The van der Waals surface area contributed by atoms with Gasteiger partial charge in [0.1, 0.15) is 18.0 Å². The van der Waals surface area contributed by atoms with Crippen LogP contribution in [0.1, 0.15) is 11.4 Å². The molecule has 9 heteroatoms. The zero-order valence-electron chi connectivity index (χ0n) is 13.4. The second kappa shape index (κ2) is 7.27. The number of aromatic nitrogens is 4. The Morgan fingerprint density at radius 3 is 2.88 bits per heavy atom. The number of aliphatic hydroxyl groups excluding tert-OH is 1.